The van der Waals surface area contributed by atoms with Gasteiger partial charge in [0, 0.05) is 30.2 Å². The quantitative estimate of drug-likeness (QED) is 0.899. The maximum absolute atomic E-state index is 13.9. The van der Waals surface area contributed by atoms with Gasteiger partial charge in [0.1, 0.15) is 23.3 Å². The van der Waals surface area contributed by atoms with Crippen LogP contribution in [0.4, 0.5) is 14.6 Å². The van der Waals surface area contributed by atoms with E-state index in [0.29, 0.717) is 23.0 Å². The van der Waals surface area contributed by atoms with Gasteiger partial charge in [0.2, 0.25) is 0 Å². The second-order valence-corrected chi connectivity index (χ2v) is 5.32. The Morgan fingerprint density at radius 3 is 2.67 bits per heavy atom. The zero-order chi connectivity index (χ0) is 14.8. The Labute approximate surface area is 122 Å². The molecule has 0 atom stereocenters. The molecule has 1 saturated carbocycles. The number of hydrogen-bond donors (Lipinski definition) is 1. The van der Waals surface area contributed by atoms with Crippen molar-refractivity contribution in [2.24, 2.45) is 0 Å². The van der Waals surface area contributed by atoms with E-state index in [1.807, 2.05) is 0 Å². The van der Waals surface area contributed by atoms with Crippen molar-refractivity contribution in [3.63, 3.8) is 0 Å². The molecule has 3 rings (SSSR count). The molecule has 1 aliphatic rings. The van der Waals surface area contributed by atoms with E-state index >= 15 is 0 Å². The Morgan fingerprint density at radius 1 is 1.19 bits per heavy atom. The third-order valence-corrected chi connectivity index (χ3v) is 3.45. The van der Waals surface area contributed by atoms with Crippen molar-refractivity contribution in [3.8, 4) is 11.3 Å². The van der Waals surface area contributed by atoms with Crippen molar-refractivity contribution < 1.29 is 8.78 Å². The van der Waals surface area contributed by atoms with Gasteiger partial charge in [-0.05, 0) is 31.4 Å². The number of anilines is 1. The van der Waals surface area contributed by atoms with Crippen molar-refractivity contribution in [3.05, 3.63) is 41.7 Å². The lowest BCUT2D eigenvalue weighted by atomic mass is 10.1. The van der Waals surface area contributed by atoms with E-state index in [2.05, 4.69) is 22.2 Å². The van der Waals surface area contributed by atoms with E-state index < -0.39 is 11.6 Å². The number of hydrogen-bond acceptors (Lipinski definition) is 3. The summed E-state index contributed by atoms with van der Waals surface area (Å²) in [5.41, 5.74) is 0.809. The number of nitrogens with one attached hydrogen (secondary N) is 1. The highest BCUT2D eigenvalue weighted by molar-refractivity contribution is 5.63. The predicted molar refractivity (Wildman–Crippen MR) is 78.1 cm³/mol. The summed E-state index contributed by atoms with van der Waals surface area (Å²) in [5, 5.41) is 3.21. The molecule has 5 heteroatoms. The molecule has 1 aromatic carbocycles. The maximum atomic E-state index is 13.9. The molecule has 1 heterocycles. The molecule has 21 heavy (non-hydrogen) atoms. The first kappa shape index (κ1) is 13.9. The zero-order valence-corrected chi connectivity index (χ0v) is 11.9. The molecule has 1 aromatic heterocycles. The highest BCUT2D eigenvalue weighted by Crippen LogP contribution is 2.39. The summed E-state index contributed by atoms with van der Waals surface area (Å²) in [6.07, 6.45) is 3.12. The van der Waals surface area contributed by atoms with Gasteiger partial charge in [-0.1, -0.05) is 6.92 Å². The Bertz CT molecular complexity index is 654. The molecule has 1 fully saturated rings. The summed E-state index contributed by atoms with van der Waals surface area (Å²) >= 11 is 0. The summed E-state index contributed by atoms with van der Waals surface area (Å²) in [5.74, 6) is 0.631. The molecule has 0 unspecified atom stereocenters. The molecule has 0 radical (unpaired) electrons. The minimum atomic E-state index is -0.600. The lowest BCUT2D eigenvalue weighted by Gasteiger charge is -2.10. The fourth-order valence-electron chi connectivity index (χ4n) is 2.17. The fraction of sp³-hybridized carbons (Fsp3) is 0.375. The second kappa shape index (κ2) is 5.76. The number of aromatic nitrogens is 2. The Balaban J connectivity index is 2.01. The van der Waals surface area contributed by atoms with Crippen molar-refractivity contribution in [1.82, 2.24) is 9.97 Å². The van der Waals surface area contributed by atoms with Crippen LogP contribution in [0.2, 0.25) is 0 Å². The van der Waals surface area contributed by atoms with Crippen LogP contribution in [0, 0.1) is 11.6 Å². The number of rotatable bonds is 5. The van der Waals surface area contributed by atoms with Crippen LogP contribution < -0.4 is 5.32 Å². The lowest BCUT2D eigenvalue weighted by Crippen LogP contribution is -2.06. The molecule has 0 saturated heterocycles. The minimum absolute atomic E-state index is 0.306. The SMILES string of the molecule is CCCNc1cc(-c2ccc(F)cc2F)nc(C2CC2)n1. The van der Waals surface area contributed by atoms with Crippen molar-refractivity contribution in [2.75, 3.05) is 11.9 Å². The first-order chi connectivity index (χ1) is 10.2. The van der Waals surface area contributed by atoms with E-state index in [1.54, 1.807) is 6.07 Å². The summed E-state index contributed by atoms with van der Waals surface area (Å²) in [4.78, 5) is 8.94. The Kier molecular flexibility index (Phi) is 3.82. The molecule has 1 aliphatic carbocycles. The number of benzene rings is 1. The molecular formula is C16H17F2N3. The summed E-state index contributed by atoms with van der Waals surface area (Å²) < 4.78 is 27.0. The maximum Gasteiger partial charge on any atom is 0.135 e. The van der Waals surface area contributed by atoms with Crippen molar-refractivity contribution >= 4 is 5.82 Å². The second-order valence-electron chi connectivity index (χ2n) is 5.32. The van der Waals surface area contributed by atoms with Gasteiger partial charge in [0.05, 0.1) is 5.69 Å². The van der Waals surface area contributed by atoms with Gasteiger partial charge in [-0.15, -0.1) is 0 Å². The van der Waals surface area contributed by atoms with E-state index in [4.69, 9.17) is 0 Å². The van der Waals surface area contributed by atoms with Crippen LogP contribution in [-0.2, 0) is 0 Å². The molecule has 1 N–H and O–H groups in total. The topological polar surface area (TPSA) is 37.8 Å². The molecule has 3 nitrogen and oxygen atoms in total. The van der Waals surface area contributed by atoms with Crippen molar-refractivity contribution in [2.45, 2.75) is 32.1 Å². The van der Waals surface area contributed by atoms with Gasteiger partial charge in [-0.25, -0.2) is 18.7 Å². The lowest BCUT2D eigenvalue weighted by molar-refractivity contribution is 0.585. The van der Waals surface area contributed by atoms with Gasteiger partial charge >= 0.3 is 0 Å². The monoisotopic (exact) mass is 289 g/mol. The van der Waals surface area contributed by atoms with Gasteiger partial charge in [0.25, 0.3) is 0 Å². The van der Waals surface area contributed by atoms with Crippen LogP contribution in [0.15, 0.2) is 24.3 Å². The summed E-state index contributed by atoms with van der Waals surface area (Å²) in [7, 11) is 0. The molecule has 110 valence electrons. The first-order valence-electron chi connectivity index (χ1n) is 7.25. The minimum Gasteiger partial charge on any atom is -0.370 e. The van der Waals surface area contributed by atoms with E-state index in [-0.39, 0.29) is 0 Å². The molecule has 2 aromatic rings. The van der Waals surface area contributed by atoms with Crippen LogP contribution >= 0.6 is 0 Å². The van der Waals surface area contributed by atoms with Gasteiger partial charge in [0.15, 0.2) is 0 Å². The van der Waals surface area contributed by atoms with Crippen LogP contribution in [0.5, 0.6) is 0 Å². The fourth-order valence-corrected chi connectivity index (χ4v) is 2.17. The summed E-state index contributed by atoms with van der Waals surface area (Å²) in [6, 6.07) is 5.27. The van der Waals surface area contributed by atoms with Crippen LogP contribution in [0.1, 0.15) is 37.9 Å². The average molecular weight is 289 g/mol. The van der Waals surface area contributed by atoms with Crippen LogP contribution in [0.3, 0.4) is 0 Å². The normalized spacial score (nSPS) is 14.2. The highest BCUT2D eigenvalue weighted by atomic mass is 19.1. The molecule has 0 spiro atoms. The summed E-state index contributed by atoms with van der Waals surface area (Å²) in [6.45, 7) is 2.86. The molecule has 0 amide bonds. The predicted octanol–water partition coefficient (Wildman–Crippen LogP) is 4.12. The van der Waals surface area contributed by atoms with E-state index in [9.17, 15) is 8.78 Å². The molecule has 0 bridgehead atoms. The standard InChI is InChI=1S/C16H17F2N3/c1-2-7-19-15-9-14(20-16(21-15)10-3-4-10)12-6-5-11(17)8-13(12)18/h5-6,8-10H,2-4,7H2,1H3,(H,19,20,21). The van der Waals surface area contributed by atoms with Crippen LogP contribution in [0.25, 0.3) is 11.3 Å². The largest absolute Gasteiger partial charge is 0.370 e. The van der Waals surface area contributed by atoms with Crippen LogP contribution in [-0.4, -0.2) is 16.5 Å². The van der Waals surface area contributed by atoms with Gasteiger partial charge in [-0.3, -0.25) is 0 Å². The van der Waals surface area contributed by atoms with E-state index in [0.717, 1.165) is 37.7 Å². The van der Waals surface area contributed by atoms with Gasteiger partial charge < -0.3 is 5.32 Å². The van der Waals surface area contributed by atoms with E-state index in [1.165, 1.54) is 12.1 Å². The molecular weight excluding hydrogens is 272 g/mol. The van der Waals surface area contributed by atoms with Crippen molar-refractivity contribution in [1.29, 1.82) is 0 Å². The Morgan fingerprint density at radius 2 is 2.00 bits per heavy atom. The zero-order valence-electron chi connectivity index (χ0n) is 11.9. The third kappa shape index (κ3) is 3.17. The Hall–Kier alpha value is -2.04. The number of halogens is 2. The van der Waals surface area contributed by atoms with Gasteiger partial charge in [-0.2, -0.15) is 0 Å². The smallest absolute Gasteiger partial charge is 0.135 e. The third-order valence-electron chi connectivity index (χ3n) is 3.45. The number of nitrogens with zero attached hydrogens (tertiary/aromatic N) is 2. The highest BCUT2D eigenvalue weighted by Gasteiger charge is 2.27. The average Bonchev–Trinajstić information content (AvgIpc) is 3.29. The first-order valence-corrected chi connectivity index (χ1v) is 7.25. The molecule has 0 aliphatic heterocycles.